The number of nitrogens with two attached hydrogens (primary N) is 1. The fourth-order valence-electron chi connectivity index (χ4n) is 2.43. The van der Waals surface area contributed by atoms with E-state index < -0.39 is 12.7 Å². The van der Waals surface area contributed by atoms with Crippen LogP contribution in [-0.4, -0.2) is 48.8 Å². The van der Waals surface area contributed by atoms with E-state index in [4.69, 9.17) is 5.73 Å². The van der Waals surface area contributed by atoms with E-state index in [0.29, 0.717) is 26.2 Å². The summed E-state index contributed by atoms with van der Waals surface area (Å²) in [6.45, 7) is 3.16. The number of pyridine rings is 1. The van der Waals surface area contributed by atoms with E-state index >= 15 is 0 Å². The summed E-state index contributed by atoms with van der Waals surface area (Å²) >= 11 is 0. The van der Waals surface area contributed by atoms with Crippen LogP contribution in [0.15, 0.2) is 18.3 Å². The zero-order chi connectivity index (χ0) is 15.5. The zero-order valence-electron chi connectivity index (χ0n) is 12.1. The van der Waals surface area contributed by atoms with Gasteiger partial charge in [0.15, 0.2) is 0 Å². The molecule has 21 heavy (non-hydrogen) atoms. The summed E-state index contributed by atoms with van der Waals surface area (Å²) < 4.78 is 37.0. The Bertz CT molecular complexity index is 439. The van der Waals surface area contributed by atoms with Crippen molar-refractivity contribution < 1.29 is 13.2 Å². The van der Waals surface area contributed by atoms with Gasteiger partial charge in [-0.05, 0) is 18.6 Å². The highest BCUT2D eigenvalue weighted by molar-refractivity contribution is 5.45. The predicted octanol–water partition coefficient (Wildman–Crippen LogP) is 2.18. The van der Waals surface area contributed by atoms with Crippen LogP contribution in [0.4, 0.5) is 18.9 Å². The maximum absolute atomic E-state index is 12.3. The lowest BCUT2D eigenvalue weighted by molar-refractivity contribution is -0.146. The van der Waals surface area contributed by atoms with Crippen molar-refractivity contribution >= 4 is 5.69 Å². The molecule has 0 spiro atoms. The molecule has 118 valence electrons. The lowest BCUT2D eigenvalue weighted by Gasteiger charge is -2.36. The minimum Gasteiger partial charge on any atom is -0.368 e. The first-order valence-corrected chi connectivity index (χ1v) is 7.14. The molecule has 0 aliphatic carbocycles. The summed E-state index contributed by atoms with van der Waals surface area (Å²) in [7, 11) is 0. The molecule has 1 atom stereocenters. The summed E-state index contributed by atoms with van der Waals surface area (Å²) in [6, 6.07) is 3.77. The Kier molecular flexibility index (Phi) is 5.05. The molecule has 0 radical (unpaired) electrons. The van der Waals surface area contributed by atoms with E-state index in [-0.39, 0.29) is 6.04 Å². The van der Waals surface area contributed by atoms with Crippen molar-refractivity contribution in [3.8, 4) is 0 Å². The Morgan fingerprint density at radius 3 is 2.38 bits per heavy atom. The van der Waals surface area contributed by atoms with Gasteiger partial charge in [-0.15, -0.1) is 0 Å². The Balaban J connectivity index is 1.90. The molecule has 1 saturated heterocycles. The summed E-state index contributed by atoms with van der Waals surface area (Å²) in [5.74, 6) is 0. The third kappa shape index (κ3) is 4.57. The van der Waals surface area contributed by atoms with Gasteiger partial charge in [0, 0.05) is 32.2 Å². The van der Waals surface area contributed by atoms with E-state index in [1.165, 1.54) is 4.90 Å². The highest BCUT2D eigenvalue weighted by Gasteiger charge is 2.32. The molecule has 0 bridgehead atoms. The molecule has 7 heteroatoms. The molecule has 0 saturated carbocycles. The molecule has 0 amide bonds. The average molecular weight is 302 g/mol. The number of anilines is 1. The van der Waals surface area contributed by atoms with Gasteiger partial charge in [-0.2, -0.15) is 13.2 Å². The largest absolute Gasteiger partial charge is 0.401 e. The normalized spacial score (nSPS) is 18.8. The van der Waals surface area contributed by atoms with E-state index in [1.54, 1.807) is 6.20 Å². The monoisotopic (exact) mass is 302 g/mol. The van der Waals surface area contributed by atoms with Crippen molar-refractivity contribution in [2.45, 2.75) is 25.6 Å². The number of nitrogens with zero attached hydrogens (tertiary/aromatic N) is 3. The zero-order valence-corrected chi connectivity index (χ0v) is 12.1. The van der Waals surface area contributed by atoms with E-state index in [2.05, 4.69) is 9.88 Å². The van der Waals surface area contributed by atoms with E-state index in [9.17, 15) is 13.2 Å². The molecule has 1 aromatic heterocycles. The lowest BCUT2D eigenvalue weighted by atomic mass is 10.1. The lowest BCUT2D eigenvalue weighted by Crippen LogP contribution is -2.49. The van der Waals surface area contributed by atoms with Gasteiger partial charge in [0.1, 0.15) is 0 Å². The van der Waals surface area contributed by atoms with E-state index in [1.807, 2.05) is 19.1 Å². The molecule has 1 aliphatic heterocycles. The van der Waals surface area contributed by atoms with Gasteiger partial charge in [-0.25, -0.2) is 0 Å². The summed E-state index contributed by atoms with van der Waals surface area (Å²) in [6.07, 6.45) is -1.55. The number of hydrogen-bond donors (Lipinski definition) is 1. The smallest absolute Gasteiger partial charge is 0.368 e. The van der Waals surface area contributed by atoms with Gasteiger partial charge in [0.25, 0.3) is 0 Å². The number of hydrogen-bond acceptors (Lipinski definition) is 4. The maximum Gasteiger partial charge on any atom is 0.401 e. The topological polar surface area (TPSA) is 45.4 Å². The van der Waals surface area contributed by atoms with Crippen molar-refractivity contribution in [3.05, 3.63) is 24.0 Å². The van der Waals surface area contributed by atoms with Crippen LogP contribution in [0, 0.1) is 0 Å². The number of rotatable bonds is 4. The van der Waals surface area contributed by atoms with Crippen molar-refractivity contribution in [2.24, 2.45) is 5.73 Å². The highest BCUT2D eigenvalue weighted by Crippen LogP contribution is 2.21. The summed E-state index contributed by atoms with van der Waals surface area (Å²) in [5.41, 5.74) is 7.69. The molecular formula is C14H21F3N4. The standard InChI is InChI=1S/C14H21F3N4/c1-2-12(18)13-4-3-11(9-19-13)21-7-5-20(6-8-21)10-14(15,16)17/h3-4,9,12H,2,5-8,10,18H2,1H3/t12-/m1/s1. The third-order valence-electron chi connectivity index (χ3n) is 3.73. The number of aromatic nitrogens is 1. The number of piperazine rings is 1. The van der Waals surface area contributed by atoms with Crippen molar-refractivity contribution in [3.63, 3.8) is 0 Å². The fraction of sp³-hybridized carbons (Fsp3) is 0.643. The minimum absolute atomic E-state index is 0.0670. The summed E-state index contributed by atoms with van der Waals surface area (Å²) in [4.78, 5) is 7.84. The molecule has 0 unspecified atom stereocenters. The highest BCUT2D eigenvalue weighted by atomic mass is 19.4. The van der Waals surface area contributed by atoms with Gasteiger partial charge in [0.05, 0.1) is 24.1 Å². The molecular weight excluding hydrogens is 281 g/mol. The number of alkyl halides is 3. The van der Waals surface area contributed by atoms with Gasteiger partial charge in [-0.3, -0.25) is 9.88 Å². The first-order chi connectivity index (χ1) is 9.89. The van der Waals surface area contributed by atoms with Crippen LogP contribution in [-0.2, 0) is 0 Å². The van der Waals surface area contributed by atoms with Crippen LogP contribution in [0.1, 0.15) is 25.1 Å². The van der Waals surface area contributed by atoms with Crippen LogP contribution in [0.5, 0.6) is 0 Å². The summed E-state index contributed by atoms with van der Waals surface area (Å²) in [5, 5.41) is 0. The first kappa shape index (κ1) is 16.0. The van der Waals surface area contributed by atoms with Crippen LogP contribution in [0.2, 0.25) is 0 Å². The predicted molar refractivity (Wildman–Crippen MR) is 76.2 cm³/mol. The van der Waals surface area contributed by atoms with Crippen molar-refractivity contribution in [2.75, 3.05) is 37.6 Å². The van der Waals surface area contributed by atoms with Crippen LogP contribution in [0.3, 0.4) is 0 Å². The van der Waals surface area contributed by atoms with Gasteiger partial charge >= 0.3 is 6.18 Å². The fourth-order valence-corrected chi connectivity index (χ4v) is 2.43. The second kappa shape index (κ2) is 6.62. The SMILES string of the molecule is CC[C@@H](N)c1ccc(N2CCN(CC(F)(F)F)CC2)cn1. The Hall–Kier alpha value is -1.34. The Morgan fingerprint density at radius 2 is 1.90 bits per heavy atom. The van der Waals surface area contributed by atoms with Crippen LogP contribution < -0.4 is 10.6 Å². The van der Waals surface area contributed by atoms with E-state index in [0.717, 1.165) is 17.8 Å². The van der Waals surface area contributed by atoms with Crippen molar-refractivity contribution in [1.29, 1.82) is 0 Å². The molecule has 2 N–H and O–H groups in total. The molecule has 0 aromatic carbocycles. The molecule has 1 aliphatic rings. The molecule has 1 aromatic rings. The van der Waals surface area contributed by atoms with Crippen molar-refractivity contribution in [1.82, 2.24) is 9.88 Å². The van der Waals surface area contributed by atoms with Crippen LogP contribution >= 0.6 is 0 Å². The molecule has 2 rings (SSSR count). The quantitative estimate of drug-likeness (QED) is 0.926. The first-order valence-electron chi connectivity index (χ1n) is 7.14. The second-order valence-electron chi connectivity index (χ2n) is 5.33. The van der Waals surface area contributed by atoms with Gasteiger partial charge in [-0.1, -0.05) is 6.92 Å². The number of halogens is 3. The third-order valence-corrected chi connectivity index (χ3v) is 3.73. The molecule has 2 heterocycles. The molecule has 4 nitrogen and oxygen atoms in total. The van der Waals surface area contributed by atoms with Crippen LogP contribution in [0.25, 0.3) is 0 Å². The Morgan fingerprint density at radius 1 is 1.24 bits per heavy atom. The maximum atomic E-state index is 12.3. The molecule has 1 fully saturated rings. The average Bonchev–Trinajstić information content (AvgIpc) is 2.46. The van der Waals surface area contributed by atoms with Gasteiger partial charge in [0.2, 0.25) is 0 Å². The second-order valence-corrected chi connectivity index (χ2v) is 5.33. The Labute approximate surface area is 122 Å². The van der Waals surface area contributed by atoms with Gasteiger partial charge < -0.3 is 10.6 Å². The minimum atomic E-state index is -4.12.